The third-order valence-corrected chi connectivity index (χ3v) is 5.90. The van der Waals surface area contributed by atoms with Gasteiger partial charge in [0.05, 0.1) is 14.2 Å². The van der Waals surface area contributed by atoms with Crippen LogP contribution in [0.2, 0.25) is 0 Å². The van der Waals surface area contributed by atoms with Gasteiger partial charge in [-0.15, -0.1) is 0 Å². The number of carbonyl (C=O) groups excluding carboxylic acids is 2. The molecule has 0 bridgehead atoms. The largest absolute Gasteiger partial charge is 0.493 e. The van der Waals surface area contributed by atoms with E-state index in [0.29, 0.717) is 42.1 Å². The topological polar surface area (TPSA) is 88.1 Å². The van der Waals surface area contributed by atoms with Gasteiger partial charge < -0.3 is 14.4 Å². The fourth-order valence-electron chi connectivity index (χ4n) is 4.10. The molecule has 0 radical (unpaired) electrons. The number of fused-ring (bicyclic) bond motifs is 1. The normalized spacial score (nSPS) is 13.1. The lowest BCUT2D eigenvalue weighted by atomic mass is 9.95. The molecule has 0 atom stereocenters. The first-order chi connectivity index (χ1) is 16.5. The van der Waals surface area contributed by atoms with Crippen LogP contribution in [0.15, 0.2) is 66.7 Å². The minimum absolute atomic E-state index is 0.108. The van der Waals surface area contributed by atoms with Crippen LogP contribution < -0.4 is 15.0 Å². The Hall–Kier alpha value is -4.10. The van der Waals surface area contributed by atoms with Gasteiger partial charge in [0.2, 0.25) is 0 Å². The van der Waals surface area contributed by atoms with Crippen LogP contribution in [0.4, 0.5) is 0 Å². The van der Waals surface area contributed by atoms with Crippen LogP contribution >= 0.6 is 0 Å². The highest BCUT2D eigenvalue weighted by Crippen LogP contribution is 2.31. The molecule has 1 heterocycles. The quantitative estimate of drug-likeness (QED) is 0.253. The molecule has 7 nitrogen and oxygen atoms in total. The van der Waals surface area contributed by atoms with E-state index in [0.717, 1.165) is 22.3 Å². The van der Waals surface area contributed by atoms with E-state index >= 15 is 0 Å². The van der Waals surface area contributed by atoms with Crippen molar-refractivity contribution < 1.29 is 24.3 Å². The van der Waals surface area contributed by atoms with E-state index in [1.165, 1.54) is 0 Å². The van der Waals surface area contributed by atoms with E-state index in [4.69, 9.17) is 14.7 Å². The first kappa shape index (κ1) is 23.1. The second kappa shape index (κ2) is 10.2. The first-order valence-corrected chi connectivity index (χ1v) is 10.9. The average Bonchev–Trinajstić information content (AvgIpc) is 2.90. The minimum atomic E-state index is -0.579. The maximum atomic E-state index is 13.7. The number of carbonyl (C=O) groups is 2. The van der Waals surface area contributed by atoms with Gasteiger partial charge in [-0.1, -0.05) is 42.5 Å². The number of hydrogen-bond donors (Lipinski definition) is 2. The number of nitrogens with zero attached hydrogens (tertiary/aromatic N) is 1. The lowest BCUT2D eigenvalue weighted by Crippen LogP contribution is -2.36. The van der Waals surface area contributed by atoms with Crippen LogP contribution in [0.5, 0.6) is 11.5 Å². The Bertz CT molecular complexity index is 1240. The van der Waals surface area contributed by atoms with E-state index in [1.807, 2.05) is 60.7 Å². The number of rotatable bonds is 6. The number of hydrogen-bond acceptors (Lipinski definition) is 5. The molecule has 4 rings (SSSR count). The molecule has 2 N–H and O–H groups in total. The number of benzene rings is 3. The van der Waals surface area contributed by atoms with Crippen LogP contribution in [0.25, 0.3) is 11.6 Å². The fraction of sp³-hybridized carbons (Fsp3) is 0.185. The molecule has 0 aromatic heterocycles. The Kier molecular flexibility index (Phi) is 6.94. The molecule has 0 fully saturated rings. The molecule has 7 heteroatoms. The Balaban J connectivity index is 1.69. The molecule has 174 valence electrons. The lowest BCUT2D eigenvalue weighted by molar-refractivity contribution is -0.125. The Morgan fingerprint density at radius 1 is 0.912 bits per heavy atom. The van der Waals surface area contributed by atoms with Crippen LogP contribution in [-0.2, 0) is 17.8 Å². The highest BCUT2D eigenvalue weighted by molar-refractivity contribution is 6.24. The first-order valence-electron chi connectivity index (χ1n) is 10.9. The molecule has 0 aliphatic carbocycles. The Labute approximate surface area is 198 Å². The van der Waals surface area contributed by atoms with Crippen molar-refractivity contribution in [3.05, 3.63) is 94.5 Å². The van der Waals surface area contributed by atoms with Crippen molar-refractivity contribution in [1.82, 2.24) is 10.4 Å². The maximum Gasteiger partial charge on any atom is 0.274 e. The Morgan fingerprint density at radius 3 is 2.38 bits per heavy atom. The number of hydroxylamine groups is 1. The molecule has 1 aliphatic rings. The fourth-order valence-corrected chi connectivity index (χ4v) is 4.10. The van der Waals surface area contributed by atoms with Crippen molar-refractivity contribution in [3.63, 3.8) is 0 Å². The summed E-state index contributed by atoms with van der Waals surface area (Å²) in [6, 6.07) is 20.3. The van der Waals surface area contributed by atoms with Crippen molar-refractivity contribution in [2.75, 3.05) is 20.8 Å². The molecule has 1 aliphatic heterocycles. The van der Waals surface area contributed by atoms with Crippen molar-refractivity contribution in [1.29, 1.82) is 0 Å². The third-order valence-electron chi connectivity index (χ3n) is 5.90. The van der Waals surface area contributed by atoms with E-state index < -0.39 is 5.91 Å². The molecule has 3 aromatic carbocycles. The molecule has 0 saturated carbocycles. The van der Waals surface area contributed by atoms with E-state index in [1.54, 1.807) is 36.7 Å². The summed E-state index contributed by atoms with van der Waals surface area (Å²) in [5.41, 5.74) is 6.15. The molecular formula is C27H26N2O5. The van der Waals surface area contributed by atoms with Crippen molar-refractivity contribution in [2.45, 2.75) is 13.0 Å². The molecule has 2 amide bonds. The van der Waals surface area contributed by atoms with Gasteiger partial charge in [0.1, 0.15) is 0 Å². The van der Waals surface area contributed by atoms with Gasteiger partial charge in [-0.25, -0.2) is 5.48 Å². The van der Waals surface area contributed by atoms with E-state index in [9.17, 15) is 9.59 Å². The van der Waals surface area contributed by atoms with Crippen LogP contribution in [0.3, 0.4) is 0 Å². The summed E-state index contributed by atoms with van der Waals surface area (Å²) in [4.78, 5) is 27.4. The molecule has 0 saturated heterocycles. The number of methoxy groups -OCH3 is 2. The third kappa shape index (κ3) is 4.79. The second-order valence-corrected chi connectivity index (χ2v) is 7.94. The van der Waals surface area contributed by atoms with Gasteiger partial charge in [-0.05, 0) is 59.0 Å². The summed E-state index contributed by atoms with van der Waals surface area (Å²) < 4.78 is 10.7. The minimum Gasteiger partial charge on any atom is -0.493 e. The highest BCUT2D eigenvalue weighted by atomic mass is 16.5. The van der Waals surface area contributed by atoms with Gasteiger partial charge in [-0.3, -0.25) is 14.8 Å². The Morgan fingerprint density at radius 2 is 1.68 bits per heavy atom. The van der Waals surface area contributed by atoms with E-state index in [-0.39, 0.29) is 5.91 Å². The smallest absolute Gasteiger partial charge is 0.274 e. The molecule has 0 unspecified atom stereocenters. The van der Waals surface area contributed by atoms with Crippen molar-refractivity contribution in [2.24, 2.45) is 0 Å². The van der Waals surface area contributed by atoms with Gasteiger partial charge in [-0.2, -0.15) is 0 Å². The van der Waals surface area contributed by atoms with Crippen molar-refractivity contribution >= 4 is 23.5 Å². The number of nitrogens with one attached hydrogen (secondary N) is 1. The number of ether oxygens (including phenoxy) is 2. The summed E-state index contributed by atoms with van der Waals surface area (Å²) in [5, 5.41) is 8.95. The number of amides is 2. The summed E-state index contributed by atoms with van der Waals surface area (Å²) in [6.07, 6.45) is 2.53. The van der Waals surface area contributed by atoms with Gasteiger partial charge in [0.25, 0.3) is 11.8 Å². The van der Waals surface area contributed by atoms with Gasteiger partial charge in [0.15, 0.2) is 11.5 Å². The zero-order valence-electron chi connectivity index (χ0n) is 19.1. The predicted octanol–water partition coefficient (Wildman–Crippen LogP) is 3.95. The van der Waals surface area contributed by atoms with Crippen LogP contribution in [-0.4, -0.2) is 42.7 Å². The van der Waals surface area contributed by atoms with Crippen LogP contribution in [0.1, 0.15) is 32.6 Å². The monoisotopic (exact) mass is 458 g/mol. The highest BCUT2D eigenvalue weighted by Gasteiger charge is 2.25. The average molecular weight is 459 g/mol. The molecule has 0 spiro atoms. The SMILES string of the molecule is COc1ccc(C=C(C(=O)N2CCc3ccc(C(=O)NO)cc3C2)c2ccccc2)cc1OC. The molecular weight excluding hydrogens is 432 g/mol. The van der Waals surface area contributed by atoms with Crippen molar-refractivity contribution in [3.8, 4) is 11.5 Å². The van der Waals surface area contributed by atoms with Gasteiger partial charge >= 0.3 is 0 Å². The zero-order chi connectivity index (χ0) is 24.1. The van der Waals surface area contributed by atoms with Crippen LogP contribution in [0, 0.1) is 0 Å². The zero-order valence-corrected chi connectivity index (χ0v) is 19.1. The van der Waals surface area contributed by atoms with E-state index in [2.05, 4.69) is 0 Å². The standard InChI is InChI=1S/C27H26N2O5/c1-33-24-11-8-18(15-25(24)34-2)14-23(20-6-4-3-5-7-20)27(31)29-13-12-19-9-10-21(26(30)28-32)16-22(19)17-29/h3-11,14-16,32H,12-13,17H2,1-2H3,(H,28,30). The predicted molar refractivity (Wildman–Crippen MR) is 129 cm³/mol. The van der Waals surface area contributed by atoms with Gasteiger partial charge in [0, 0.05) is 24.2 Å². The summed E-state index contributed by atoms with van der Waals surface area (Å²) >= 11 is 0. The summed E-state index contributed by atoms with van der Waals surface area (Å²) in [6.45, 7) is 0.935. The lowest BCUT2D eigenvalue weighted by Gasteiger charge is -2.30. The molecule has 34 heavy (non-hydrogen) atoms. The maximum absolute atomic E-state index is 13.7. The summed E-state index contributed by atoms with van der Waals surface area (Å²) in [7, 11) is 3.15. The molecule has 3 aromatic rings. The second-order valence-electron chi connectivity index (χ2n) is 7.94. The summed E-state index contributed by atoms with van der Waals surface area (Å²) in [5.74, 6) is 0.508.